The van der Waals surface area contributed by atoms with E-state index in [0.29, 0.717) is 12.1 Å². The topological polar surface area (TPSA) is 84.0 Å². The van der Waals surface area contributed by atoms with E-state index in [9.17, 15) is 9.59 Å². The second-order valence-corrected chi connectivity index (χ2v) is 10.1. The third-order valence-electron chi connectivity index (χ3n) is 6.82. The van der Waals surface area contributed by atoms with E-state index in [1.165, 1.54) is 49.9 Å². The van der Waals surface area contributed by atoms with Gasteiger partial charge in [0.1, 0.15) is 5.01 Å². The summed E-state index contributed by atoms with van der Waals surface area (Å²) >= 11 is 1.46. The van der Waals surface area contributed by atoms with Crippen LogP contribution in [0.3, 0.4) is 0 Å². The predicted molar refractivity (Wildman–Crippen MR) is 111 cm³/mol. The molecule has 0 aromatic carbocycles. The van der Waals surface area contributed by atoms with Crippen LogP contribution in [0.25, 0.3) is 10.7 Å². The van der Waals surface area contributed by atoms with Gasteiger partial charge in [-0.3, -0.25) is 25.4 Å². The highest BCUT2D eigenvalue weighted by Gasteiger charge is 2.51. The van der Waals surface area contributed by atoms with E-state index in [0.717, 1.165) is 28.5 Å². The van der Waals surface area contributed by atoms with Gasteiger partial charge >= 0.3 is 0 Å². The molecule has 4 aliphatic carbocycles. The first-order valence-corrected chi connectivity index (χ1v) is 11.4. The monoisotopic (exact) mass is 410 g/mol. The number of aromatic nitrogens is 2. The molecule has 152 valence electrons. The van der Waals surface area contributed by atoms with Crippen LogP contribution in [0.2, 0.25) is 0 Å². The van der Waals surface area contributed by atoms with Crippen molar-refractivity contribution in [1.82, 2.24) is 20.8 Å². The molecule has 4 fully saturated rings. The van der Waals surface area contributed by atoms with Crippen LogP contribution in [0.1, 0.15) is 50.6 Å². The number of pyridine rings is 1. The average molecular weight is 411 g/mol. The summed E-state index contributed by atoms with van der Waals surface area (Å²) in [5.74, 6) is 2.15. The molecule has 0 aliphatic heterocycles. The molecule has 4 saturated carbocycles. The second-order valence-electron chi connectivity index (χ2n) is 9.23. The van der Waals surface area contributed by atoms with Crippen molar-refractivity contribution in [1.29, 1.82) is 0 Å². The van der Waals surface area contributed by atoms with Gasteiger partial charge in [0.2, 0.25) is 11.8 Å². The second kappa shape index (κ2) is 7.52. The zero-order valence-corrected chi connectivity index (χ0v) is 17.2. The van der Waals surface area contributed by atoms with Crippen molar-refractivity contribution in [2.45, 2.75) is 51.4 Å². The first kappa shape index (κ1) is 18.7. The molecule has 6 rings (SSSR count). The van der Waals surface area contributed by atoms with Crippen molar-refractivity contribution in [3.63, 3.8) is 0 Å². The average Bonchev–Trinajstić information content (AvgIpc) is 3.14. The molecule has 2 N–H and O–H groups in total. The van der Waals surface area contributed by atoms with E-state index in [4.69, 9.17) is 0 Å². The van der Waals surface area contributed by atoms with Crippen molar-refractivity contribution < 1.29 is 9.59 Å². The molecule has 4 bridgehead atoms. The van der Waals surface area contributed by atoms with Crippen LogP contribution in [-0.4, -0.2) is 21.8 Å². The quantitative estimate of drug-likeness (QED) is 0.739. The number of thiazole rings is 1. The van der Waals surface area contributed by atoms with Gasteiger partial charge in [0.15, 0.2) is 0 Å². The lowest BCUT2D eigenvalue weighted by atomic mass is 9.49. The molecule has 2 amide bonds. The number of hydrogen-bond donors (Lipinski definition) is 2. The maximum absolute atomic E-state index is 12.5. The van der Waals surface area contributed by atoms with E-state index >= 15 is 0 Å². The van der Waals surface area contributed by atoms with Gasteiger partial charge in [-0.2, -0.15) is 0 Å². The van der Waals surface area contributed by atoms with Gasteiger partial charge in [0.25, 0.3) is 0 Å². The van der Waals surface area contributed by atoms with Crippen LogP contribution in [-0.2, 0) is 16.0 Å². The Morgan fingerprint density at radius 1 is 1.03 bits per heavy atom. The van der Waals surface area contributed by atoms with Gasteiger partial charge in [-0.1, -0.05) is 6.07 Å². The molecule has 4 aliphatic rings. The maximum Gasteiger partial charge on any atom is 0.244 e. The molecule has 0 unspecified atom stereocenters. The van der Waals surface area contributed by atoms with Gasteiger partial charge in [-0.25, -0.2) is 4.98 Å². The molecule has 2 aromatic heterocycles. The molecule has 29 heavy (non-hydrogen) atoms. The third-order valence-corrected chi connectivity index (χ3v) is 7.73. The number of amides is 2. The number of nitrogens with one attached hydrogen (secondary N) is 2. The Kier molecular flexibility index (Phi) is 4.86. The van der Waals surface area contributed by atoms with Crippen molar-refractivity contribution in [3.8, 4) is 10.7 Å². The number of hydrogen-bond acceptors (Lipinski definition) is 5. The zero-order chi connectivity index (χ0) is 19.8. The molecule has 0 radical (unpaired) electrons. The summed E-state index contributed by atoms with van der Waals surface area (Å²) in [6.07, 6.45) is 10.1. The lowest BCUT2D eigenvalue weighted by molar-refractivity contribution is -0.134. The maximum atomic E-state index is 12.5. The zero-order valence-electron chi connectivity index (χ0n) is 16.4. The minimum atomic E-state index is -0.248. The molecule has 2 heterocycles. The normalized spacial score (nSPS) is 29.6. The largest absolute Gasteiger partial charge is 0.273 e. The van der Waals surface area contributed by atoms with Crippen LogP contribution < -0.4 is 10.9 Å². The fourth-order valence-electron chi connectivity index (χ4n) is 6.23. The highest BCUT2D eigenvalue weighted by Crippen LogP contribution is 2.61. The van der Waals surface area contributed by atoms with E-state index in [1.807, 2.05) is 23.6 Å². The van der Waals surface area contributed by atoms with Crippen LogP contribution in [0, 0.1) is 23.2 Å². The smallest absolute Gasteiger partial charge is 0.244 e. The van der Waals surface area contributed by atoms with Crippen LogP contribution in [0.4, 0.5) is 0 Å². The summed E-state index contributed by atoms with van der Waals surface area (Å²) < 4.78 is 0. The van der Waals surface area contributed by atoms with Gasteiger partial charge < -0.3 is 0 Å². The lowest BCUT2D eigenvalue weighted by Crippen LogP contribution is -2.50. The Labute approximate surface area is 174 Å². The van der Waals surface area contributed by atoms with Crippen LogP contribution in [0.5, 0.6) is 0 Å². The Morgan fingerprint density at radius 2 is 1.72 bits per heavy atom. The number of hydrazine groups is 1. The first-order valence-electron chi connectivity index (χ1n) is 10.5. The standard InChI is InChI=1S/C22H26N4O2S/c27-19(8-17-13-29-21(24-17)18-3-1-2-4-23-18)25-26-20(28)12-22-9-14-5-15(10-22)7-16(6-14)11-22/h1-4,13-16H,5-12H2,(H,25,27)(H,26,28). The Bertz CT molecular complexity index is 875. The number of nitrogens with zero attached hydrogens (tertiary/aromatic N) is 2. The van der Waals surface area contributed by atoms with Gasteiger partial charge in [-0.05, 0) is 73.8 Å². The summed E-state index contributed by atoms with van der Waals surface area (Å²) in [6, 6.07) is 5.67. The predicted octanol–water partition coefficient (Wildman–Crippen LogP) is 3.50. The van der Waals surface area contributed by atoms with E-state index < -0.39 is 0 Å². The SMILES string of the molecule is O=C(Cc1csc(-c2ccccn2)n1)NNC(=O)CC12CC3CC(CC(C3)C1)C2. The minimum Gasteiger partial charge on any atom is -0.273 e. The lowest BCUT2D eigenvalue weighted by Gasteiger charge is -2.56. The van der Waals surface area contributed by atoms with Crippen molar-refractivity contribution in [2.24, 2.45) is 23.2 Å². The molecular formula is C22H26N4O2S. The first-order chi connectivity index (χ1) is 14.1. The van der Waals surface area contributed by atoms with E-state index in [-0.39, 0.29) is 23.7 Å². The van der Waals surface area contributed by atoms with Gasteiger partial charge in [-0.15, -0.1) is 11.3 Å². The minimum absolute atomic E-state index is 0.0623. The Hall–Kier alpha value is -2.28. The summed E-state index contributed by atoms with van der Waals surface area (Å²) in [7, 11) is 0. The van der Waals surface area contributed by atoms with Gasteiger partial charge in [0.05, 0.1) is 17.8 Å². The highest BCUT2D eigenvalue weighted by molar-refractivity contribution is 7.13. The Balaban J connectivity index is 1.12. The van der Waals surface area contributed by atoms with Gasteiger partial charge in [0, 0.05) is 18.0 Å². The molecule has 7 heteroatoms. The molecular weight excluding hydrogens is 384 g/mol. The van der Waals surface area contributed by atoms with Crippen molar-refractivity contribution in [2.75, 3.05) is 0 Å². The van der Waals surface area contributed by atoms with Crippen LogP contribution in [0.15, 0.2) is 29.8 Å². The van der Waals surface area contributed by atoms with E-state index in [2.05, 4.69) is 20.8 Å². The Morgan fingerprint density at radius 3 is 2.38 bits per heavy atom. The summed E-state index contributed by atoms with van der Waals surface area (Å²) in [5.41, 5.74) is 6.87. The number of carbonyl (C=O) groups excluding carboxylic acids is 2. The fourth-order valence-corrected chi connectivity index (χ4v) is 7.03. The third kappa shape index (κ3) is 4.06. The highest BCUT2D eigenvalue weighted by atomic mass is 32.1. The molecule has 2 aromatic rings. The van der Waals surface area contributed by atoms with Crippen LogP contribution >= 0.6 is 11.3 Å². The molecule has 0 atom stereocenters. The summed E-state index contributed by atoms with van der Waals surface area (Å²) in [4.78, 5) is 33.5. The number of carbonyl (C=O) groups is 2. The summed E-state index contributed by atoms with van der Waals surface area (Å²) in [6.45, 7) is 0. The molecule has 0 spiro atoms. The van der Waals surface area contributed by atoms with Crippen molar-refractivity contribution >= 4 is 23.2 Å². The van der Waals surface area contributed by atoms with E-state index in [1.54, 1.807) is 6.20 Å². The fraction of sp³-hybridized carbons (Fsp3) is 0.545. The van der Waals surface area contributed by atoms with Crippen molar-refractivity contribution in [3.05, 3.63) is 35.5 Å². The molecule has 0 saturated heterocycles. The summed E-state index contributed by atoms with van der Waals surface area (Å²) in [5, 5.41) is 2.65. The number of rotatable bonds is 5. The molecule has 6 nitrogen and oxygen atoms in total.